The molecule has 2 fully saturated rings. The molecule has 2 saturated carbocycles. The standard InChI is InChI=1S/C28H32F3N5O3/c1-3-22(37)36-20-8-7-17(11-19(20)29)35-28(38)23-14(2)34-26-24(32-13-33-25(23)26)18-10-16(27(30)31)6-9-21(18)39-12-15-4-5-15/h6,9-10,13,15,17,19-20,27,34H,3-5,7-8,11-12H2,1-2H3,(H,35,38)(H,36,37). The van der Waals surface area contributed by atoms with Crippen molar-refractivity contribution in [1.82, 2.24) is 25.6 Å². The van der Waals surface area contributed by atoms with Gasteiger partial charge in [-0.05, 0) is 56.7 Å². The van der Waals surface area contributed by atoms with Crippen molar-refractivity contribution in [2.75, 3.05) is 6.61 Å². The van der Waals surface area contributed by atoms with E-state index >= 15 is 0 Å². The zero-order valence-corrected chi connectivity index (χ0v) is 21.9. The molecule has 2 heterocycles. The molecule has 5 rings (SSSR count). The highest BCUT2D eigenvalue weighted by Gasteiger charge is 2.33. The summed E-state index contributed by atoms with van der Waals surface area (Å²) in [5.41, 5.74) is 2.16. The van der Waals surface area contributed by atoms with E-state index in [4.69, 9.17) is 4.74 Å². The van der Waals surface area contributed by atoms with Gasteiger partial charge in [-0.25, -0.2) is 23.1 Å². The van der Waals surface area contributed by atoms with E-state index < -0.39 is 30.6 Å². The SMILES string of the molecule is CCC(=O)NC1CCC(NC(=O)c2c(C)[nH]c3c(-c4cc(C(F)F)ccc4OCC4CC4)ncnc23)CC1F. The molecule has 8 nitrogen and oxygen atoms in total. The molecule has 39 heavy (non-hydrogen) atoms. The van der Waals surface area contributed by atoms with Crippen LogP contribution < -0.4 is 15.4 Å². The van der Waals surface area contributed by atoms with Gasteiger partial charge in [-0.1, -0.05) is 6.92 Å². The Kier molecular flexibility index (Phi) is 7.76. The van der Waals surface area contributed by atoms with Crippen molar-refractivity contribution in [3.63, 3.8) is 0 Å². The van der Waals surface area contributed by atoms with E-state index in [1.54, 1.807) is 13.8 Å². The molecule has 0 aliphatic heterocycles. The molecule has 0 spiro atoms. The highest BCUT2D eigenvalue weighted by atomic mass is 19.3. The quantitative estimate of drug-likeness (QED) is 0.345. The first-order valence-corrected chi connectivity index (χ1v) is 13.4. The minimum Gasteiger partial charge on any atom is -0.493 e. The van der Waals surface area contributed by atoms with E-state index in [9.17, 15) is 22.8 Å². The second kappa shape index (κ2) is 11.2. The molecule has 2 aliphatic carbocycles. The number of hydrogen-bond acceptors (Lipinski definition) is 5. The van der Waals surface area contributed by atoms with Crippen molar-refractivity contribution in [2.24, 2.45) is 5.92 Å². The van der Waals surface area contributed by atoms with Crippen molar-refractivity contribution in [1.29, 1.82) is 0 Å². The number of aryl methyl sites for hydroxylation is 1. The largest absolute Gasteiger partial charge is 0.493 e. The molecular weight excluding hydrogens is 511 g/mol. The number of ether oxygens (including phenoxy) is 1. The number of hydrogen-bond donors (Lipinski definition) is 3. The summed E-state index contributed by atoms with van der Waals surface area (Å²) < 4.78 is 47.9. The zero-order valence-electron chi connectivity index (χ0n) is 21.9. The van der Waals surface area contributed by atoms with Gasteiger partial charge in [0.25, 0.3) is 12.3 Å². The smallest absolute Gasteiger partial charge is 0.263 e. The molecule has 11 heteroatoms. The molecule has 3 N–H and O–H groups in total. The summed E-state index contributed by atoms with van der Waals surface area (Å²) in [5, 5.41) is 5.61. The summed E-state index contributed by atoms with van der Waals surface area (Å²) in [6.45, 7) is 3.92. The van der Waals surface area contributed by atoms with Crippen LogP contribution in [0.3, 0.4) is 0 Å². The fourth-order valence-electron chi connectivity index (χ4n) is 5.07. The van der Waals surface area contributed by atoms with Gasteiger partial charge in [-0.3, -0.25) is 9.59 Å². The first-order chi connectivity index (χ1) is 18.7. The van der Waals surface area contributed by atoms with Gasteiger partial charge in [0.05, 0.1) is 23.7 Å². The van der Waals surface area contributed by atoms with Crippen LogP contribution in [0.4, 0.5) is 13.2 Å². The number of benzene rings is 1. The predicted octanol–water partition coefficient (Wildman–Crippen LogP) is 5.17. The van der Waals surface area contributed by atoms with E-state index in [-0.39, 0.29) is 29.9 Å². The number of alkyl halides is 3. The van der Waals surface area contributed by atoms with E-state index in [1.165, 1.54) is 24.5 Å². The Hall–Kier alpha value is -3.63. The molecule has 208 valence electrons. The number of aromatic amines is 1. The minimum absolute atomic E-state index is 0.0875. The van der Waals surface area contributed by atoms with Crippen molar-refractivity contribution in [3.8, 4) is 17.0 Å². The molecular formula is C28H32F3N5O3. The van der Waals surface area contributed by atoms with Gasteiger partial charge in [0.2, 0.25) is 5.91 Å². The maximum atomic E-state index is 14.7. The van der Waals surface area contributed by atoms with Gasteiger partial charge in [0, 0.05) is 35.7 Å². The Morgan fingerprint density at radius 2 is 1.95 bits per heavy atom. The van der Waals surface area contributed by atoms with Gasteiger partial charge in [0.15, 0.2) is 0 Å². The van der Waals surface area contributed by atoms with Crippen LogP contribution in [0.25, 0.3) is 22.3 Å². The predicted molar refractivity (Wildman–Crippen MR) is 139 cm³/mol. The lowest BCUT2D eigenvalue weighted by Crippen LogP contribution is -2.49. The lowest BCUT2D eigenvalue weighted by atomic mass is 9.89. The molecule has 0 radical (unpaired) electrons. The second-order valence-electron chi connectivity index (χ2n) is 10.4. The fraction of sp³-hybridized carbons (Fsp3) is 0.500. The van der Waals surface area contributed by atoms with Crippen molar-refractivity contribution >= 4 is 22.8 Å². The Bertz CT molecular complexity index is 1370. The van der Waals surface area contributed by atoms with Crippen LogP contribution in [-0.4, -0.2) is 51.6 Å². The van der Waals surface area contributed by atoms with Gasteiger partial charge >= 0.3 is 0 Å². The van der Waals surface area contributed by atoms with Crippen LogP contribution in [0.5, 0.6) is 5.75 Å². The highest BCUT2D eigenvalue weighted by Crippen LogP contribution is 2.38. The summed E-state index contributed by atoms with van der Waals surface area (Å²) in [4.78, 5) is 36.9. The maximum absolute atomic E-state index is 14.7. The summed E-state index contributed by atoms with van der Waals surface area (Å²) in [6.07, 6.45) is 0.816. The first-order valence-electron chi connectivity index (χ1n) is 13.4. The topological polar surface area (TPSA) is 109 Å². The molecule has 0 saturated heterocycles. The minimum atomic E-state index is -2.67. The summed E-state index contributed by atoms with van der Waals surface area (Å²) in [5.74, 6) is 0.284. The number of fused-ring (bicyclic) bond motifs is 1. The molecule has 2 aliphatic rings. The Morgan fingerprint density at radius 3 is 2.64 bits per heavy atom. The van der Waals surface area contributed by atoms with E-state index in [0.29, 0.717) is 59.1 Å². The molecule has 3 aromatic rings. The summed E-state index contributed by atoms with van der Waals surface area (Å²) >= 11 is 0. The van der Waals surface area contributed by atoms with Crippen molar-refractivity contribution in [3.05, 3.63) is 41.3 Å². The van der Waals surface area contributed by atoms with Crippen molar-refractivity contribution < 1.29 is 27.5 Å². The van der Waals surface area contributed by atoms with Crippen LogP contribution in [-0.2, 0) is 4.79 Å². The Labute approximate surface area is 224 Å². The van der Waals surface area contributed by atoms with Crippen LogP contribution in [0.1, 0.15) is 73.5 Å². The van der Waals surface area contributed by atoms with E-state index in [1.807, 2.05) is 0 Å². The zero-order chi connectivity index (χ0) is 27.7. The maximum Gasteiger partial charge on any atom is 0.263 e. The normalized spacial score (nSPS) is 21.2. The number of H-pyrrole nitrogens is 1. The van der Waals surface area contributed by atoms with Crippen LogP contribution >= 0.6 is 0 Å². The van der Waals surface area contributed by atoms with Gasteiger partial charge in [-0.15, -0.1) is 0 Å². The third kappa shape index (κ3) is 5.86. The number of rotatable bonds is 9. The first kappa shape index (κ1) is 27.0. The molecule has 1 aromatic carbocycles. The summed E-state index contributed by atoms with van der Waals surface area (Å²) in [6, 6.07) is 3.27. The van der Waals surface area contributed by atoms with Crippen LogP contribution in [0.2, 0.25) is 0 Å². The number of aromatic nitrogens is 3. The fourth-order valence-corrected chi connectivity index (χ4v) is 5.07. The lowest BCUT2D eigenvalue weighted by molar-refractivity contribution is -0.122. The number of nitrogens with one attached hydrogen (secondary N) is 3. The van der Waals surface area contributed by atoms with Crippen LogP contribution in [0, 0.1) is 12.8 Å². The second-order valence-corrected chi connectivity index (χ2v) is 10.4. The average Bonchev–Trinajstić information content (AvgIpc) is 3.68. The lowest BCUT2D eigenvalue weighted by Gasteiger charge is -2.32. The van der Waals surface area contributed by atoms with Crippen molar-refractivity contribution in [2.45, 2.75) is 77.1 Å². The average molecular weight is 544 g/mol. The number of carbonyl (C=O) groups is 2. The third-order valence-electron chi connectivity index (χ3n) is 7.46. The number of carbonyl (C=O) groups excluding carboxylic acids is 2. The molecule has 3 unspecified atom stereocenters. The van der Waals surface area contributed by atoms with Gasteiger partial charge in [-0.2, -0.15) is 0 Å². The number of amides is 2. The third-order valence-corrected chi connectivity index (χ3v) is 7.46. The summed E-state index contributed by atoms with van der Waals surface area (Å²) in [7, 11) is 0. The molecule has 2 amide bonds. The van der Waals surface area contributed by atoms with Crippen LogP contribution in [0.15, 0.2) is 24.5 Å². The van der Waals surface area contributed by atoms with Gasteiger partial charge in [0.1, 0.15) is 29.5 Å². The van der Waals surface area contributed by atoms with E-state index in [0.717, 1.165) is 12.8 Å². The molecule has 3 atom stereocenters. The monoisotopic (exact) mass is 543 g/mol. The van der Waals surface area contributed by atoms with E-state index in [2.05, 4.69) is 25.6 Å². The van der Waals surface area contributed by atoms with Gasteiger partial charge < -0.3 is 20.4 Å². The molecule has 2 aromatic heterocycles. The Balaban J connectivity index is 1.41. The highest BCUT2D eigenvalue weighted by molar-refractivity contribution is 6.09. The number of halogens is 3. The number of nitrogens with zero attached hydrogens (tertiary/aromatic N) is 2. The molecule has 0 bridgehead atoms. The Morgan fingerprint density at radius 1 is 1.15 bits per heavy atom.